The van der Waals surface area contributed by atoms with E-state index in [0.717, 1.165) is 18.4 Å². The Balaban J connectivity index is 1.39. The summed E-state index contributed by atoms with van der Waals surface area (Å²) in [4.78, 5) is 36.2. The largest absolute Gasteiger partial charge is 0.368 e. The highest BCUT2D eigenvalue weighted by molar-refractivity contribution is 6.30. The van der Waals surface area contributed by atoms with Gasteiger partial charge in [0, 0.05) is 36.0 Å². The van der Waals surface area contributed by atoms with Crippen LogP contribution >= 0.6 is 11.6 Å². The number of anilines is 1. The highest BCUT2D eigenvalue weighted by Gasteiger charge is 2.22. The van der Waals surface area contributed by atoms with E-state index in [2.05, 4.69) is 16.0 Å². The summed E-state index contributed by atoms with van der Waals surface area (Å²) in [5, 5.41) is 8.92. The van der Waals surface area contributed by atoms with Crippen LogP contribution in [0.1, 0.15) is 28.8 Å². The number of hydrogen-bond acceptors (Lipinski definition) is 4. The average molecular weight is 430 g/mol. The fourth-order valence-electron chi connectivity index (χ4n) is 3.06. The summed E-state index contributed by atoms with van der Waals surface area (Å²) < 4.78 is 5.30. The maximum absolute atomic E-state index is 12.2. The van der Waals surface area contributed by atoms with Gasteiger partial charge in [-0.1, -0.05) is 23.7 Å². The maximum atomic E-state index is 12.2. The predicted molar refractivity (Wildman–Crippen MR) is 115 cm³/mol. The third kappa shape index (κ3) is 6.57. The molecule has 3 rings (SSSR count). The van der Waals surface area contributed by atoms with Gasteiger partial charge in [0.1, 0.15) is 6.10 Å². The summed E-state index contributed by atoms with van der Waals surface area (Å²) in [6, 6.07) is 13.7. The summed E-state index contributed by atoms with van der Waals surface area (Å²) in [6.45, 7) is 1.27. The quantitative estimate of drug-likeness (QED) is 0.562. The van der Waals surface area contributed by atoms with Crippen LogP contribution in [0.15, 0.2) is 48.5 Å². The van der Waals surface area contributed by atoms with Gasteiger partial charge >= 0.3 is 0 Å². The maximum Gasteiger partial charge on any atom is 0.251 e. The summed E-state index contributed by atoms with van der Waals surface area (Å²) in [6.07, 6.45) is 1.49. The Labute approximate surface area is 180 Å². The van der Waals surface area contributed by atoms with Gasteiger partial charge < -0.3 is 20.7 Å². The molecule has 0 saturated carbocycles. The van der Waals surface area contributed by atoms with Crippen LogP contribution in [-0.4, -0.2) is 43.5 Å². The summed E-state index contributed by atoms with van der Waals surface area (Å²) in [5.74, 6) is -0.544. The van der Waals surface area contributed by atoms with Crippen LogP contribution in [0.5, 0.6) is 0 Å². The predicted octanol–water partition coefficient (Wildman–Crippen LogP) is 2.55. The summed E-state index contributed by atoms with van der Waals surface area (Å²) in [7, 11) is 0. The van der Waals surface area contributed by atoms with Crippen LogP contribution in [0.3, 0.4) is 0 Å². The van der Waals surface area contributed by atoms with Crippen LogP contribution in [0, 0.1) is 0 Å². The molecule has 2 aromatic rings. The highest BCUT2D eigenvalue weighted by atomic mass is 35.5. The minimum Gasteiger partial charge on any atom is -0.368 e. The first kappa shape index (κ1) is 21.8. The minimum absolute atomic E-state index is 0.138. The van der Waals surface area contributed by atoms with Gasteiger partial charge in [-0.25, -0.2) is 0 Å². The van der Waals surface area contributed by atoms with Gasteiger partial charge in [0.25, 0.3) is 5.91 Å². The Morgan fingerprint density at radius 1 is 0.967 bits per heavy atom. The molecule has 0 radical (unpaired) electrons. The van der Waals surface area contributed by atoms with Gasteiger partial charge in [0.05, 0.1) is 6.42 Å². The van der Waals surface area contributed by atoms with Crippen molar-refractivity contribution < 1.29 is 19.1 Å². The smallest absolute Gasteiger partial charge is 0.251 e. The molecule has 0 aliphatic carbocycles. The monoisotopic (exact) mass is 429 g/mol. The second-order valence-corrected chi connectivity index (χ2v) is 7.41. The zero-order valence-corrected chi connectivity index (χ0v) is 17.2. The molecule has 1 saturated heterocycles. The molecular formula is C22H24ClN3O4. The van der Waals surface area contributed by atoms with Crippen molar-refractivity contribution in [3.63, 3.8) is 0 Å². The Kier molecular flexibility index (Phi) is 7.82. The summed E-state index contributed by atoms with van der Waals surface area (Å²) >= 11 is 5.84. The molecule has 1 aliphatic heterocycles. The molecule has 0 spiro atoms. The van der Waals surface area contributed by atoms with E-state index in [-0.39, 0.29) is 30.2 Å². The van der Waals surface area contributed by atoms with Crippen molar-refractivity contribution in [2.75, 3.05) is 25.0 Å². The Bertz CT molecular complexity index is 878. The highest BCUT2D eigenvalue weighted by Crippen LogP contribution is 2.13. The van der Waals surface area contributed by atoms with E-state index < -0.39 is 0 Å². The molecule has 0 bridgehead atoms. The van der Waals surface area contributed by atoms with Gasteiger partial charge in [-0.05, 0) is 54.8 Å². The molecule has 2 aromatic carbocycles. The lowest BCUT2D eigenvalue weighted by atomic mass is 10.1. The fourth-order valence-corrected chi connectivity index (χ4v) is 3.19. The molecule has 158 valence electrons. The molecule has 30 heavy (non-hydrogen) atoms. The van der Waals surface area contributed by atoms with Crippen LogP contribution < -0.4 is 16.0 Å². The lowest BCUT2D eigenvalue weighted by Gasteiger charge is -2.11. The molecule has 1 unspecified atom stereocenters. The number of benzene rings is 2. The van der Waals surface area contributed by atoms with Crippen molar-refractivity contribution in [1.29, 1.82) is 0 Å². The molecule has 3 N–H and O–H groups in total. The van der Waals surface area contributed by atoms with E-state index in [0.29, 0.717) is 36.0 Å². The molecule has 7 nitrogen and oxygen atoms in total. The number of ether oxygens (including phenoxy) is 1. The van der Waals surface area contributed by atoms with Gasteiger partial charge in [-0.15, -0.1) is 0 Å². The molecule has 1 atom stereocenters. The van der Waals surface area contributed by atoms with Crippen molar-refractivity contribution in [3.05, 3.63) is 64.7 Å². The third-order valence-corrected chi connectivity index (χ3v) is 4.89. The number of amides is 3. The number of carbonyl (C=O) groups excluding carboxylic acids is 3. The van der Waals surface area contributed by atoms with E-state index in [9.17, 15) is 14.4 Å². The van der Waals surface area contributed by atoms with E-state index in [1.165, 1.54) is 0 Å². The first-order chi connectivity index (χ1) is 14.5. The van der Waals surface area contributed by atoms with Crippen molar-refractivity contribution >= 4 is 35.0 Å². The van der Waals surface area contributed by atoms with Gasteiger partial charge in [-0.2, -0.15) is 0 Å². The van der Waals surface area contributed by atoms with Crippen molar-refractivity contribution in [2.45, 2.75) is 25.4 Å². The summed E-state index contributed by atoms with van der Waals surface area (Å²) in [5.41, 5.74) is 1.94. The first-order valence-corrected chi connectivity index (χ1v) is 10.2. The van der Waals surface area contributed by atoms with Crippen molar-refractivity contribution in [2.24, 2.45) is 0 Å². The third-order valence-electron chi connectivity index (χ3n) is 4.64. The molecule has 3 amide bonds. The number of halogens is 1. The molecule has 1 aliphatic rings. The topological polar surface area (TPSA) is 96.5 Å². The van der Waals surface area contributed by atoms with Crippen LogP contribution in [0.2, 0.25) is 5.02 Å². The number of hydrogen-bond donors (Lipinski definition) is 3. The minimum atomic E-state index is -0.372. The normalized spacial score (nSPS) is 15.4. The average Bonchev–Trinajstić information content (AvgIpc) is 3.28. The lowest BCUT2D eigenvalue weighted by Crippen LogP contribution is -2.39. The zero-order chi connectivity index (χ0) is 21.3. The lowest BCUT2D eigenvalue weighted by molar-refractivity contribution is -0.130. The zero-order valence-electron chi connectivity index (χ0n) is 16.4. The van der Waals surface area contributed by atoms with Crippen LogP contribution in [0.25, 0.3) is 0 Å². The SMILES string of the molecule is O=C(Cc1ccc(Cl)cc1)Nc1ccc(C(=O)NCCNC(=O)C2CCCO2)cc1. The second-order valence-electron chi connectivity index (χ2n) is 6.98. The molecule has 8 heteroatoms. The van der Waals surface area contributed by atoms with E-state index in [1.807, 2.05) is 0 Å². The molecule has 1 heterocycles. The van der Waals surface area contributed by atoms with Crippen LogP contribution in [0.4, 0.5) is 5.69 Å². The van der Waals surface area contributed by atoms with Gasteiger partial charge in [0.15, 0.2) is 0 Å². The fraction of sp³-hybridized carbons (Fsp3) is 0.318. The van der Waals surface area contributed by atoms with E-state index in [4.69, 9.17) is 16.3 Å². The van der Waals surface area contributed by atoms with Crippen molar-refractivity contribution in [3.8, 4) is 0 Å². The van der Waals surface area contributed by atoms with Crippen LogP contribution in [-0.2, 0) is 20.7 Å². The second kappa shape index (κ2) is 10.8. The van der Waals surface area contributed by atoms with Gasteiger partial charge in [-0.3, -0.25) is 14.4 Å². The Morgan fingerprint density at radius 3 is 2.33 bits per heavy atom. The number of carbonyl (C=O) groups is 3. The number of rotatable bonds is 8. The molecule has 1 fully saturated rings. The Morgan fingerprint density at radius 2 is 1.67 bits per heavy atom. The van der Waals surface area contributed by atoms with Crippen molar-refractivity contribution in [1.82, 2.24) is 10.6 Å². The van der Waals surface area contributed by atoms with Gasteiger partial charge in [0.2, 0.25) is 11.8 Å². The van der Waals surface area contributed by atoms with E-state index in [1.54, 1.807) is 48.5 Å². The first-order valence-electron chi connectivity index (χ1n) is 9.83. The van der Waals surface area contributed by atoms with E-state index >= 15 is 0 Å². The number of nitrogens with one attached hydrogen (secondary N) is 3. The Hall–Kier alpha value is -2.90. The molecule has 0 aromatic heterocycles. The molecular weight excluding hydrogens is 406 g/mol. The standard InChI is InChI=1S/C22H24ClN3O4/c23-17-7-3-15(4-8-17)14-20(27)26-18-9-5-16(6-10-18)21(28)24-11-12-25-22(29)19-2-1-13-30-19/h3-10,19H,1-2,11-14H2,(H,24,28)(H,25,29)(H,26,27).